The number of nitrogens with zero attached hydrogens (tertiary/aromatic N) is 3. The molecule has 2 saturated heterocycles. The van der Waals surface area contributed by atoms with Crippen LogP contribution in [0.4, 0.5) is 0 Å². The van der Waals surface area contributed by atoms with E-state index in [0.717, 1.165) is 74.8 Å². The number of amides is 3. The summed E-state index contributed by atoms with van der Waals surface area (Å²) in [6.45, 7) is 7.94. The Morgan fingerprint density at radius 1 is 0.927 bits per heavy atom. The maximum absolute atomic E-state index is 13.2. The van der Waals surface area contributed by atoms with E-state index < -0.39 is 11.9 Å². The third-order valence-corrected chi connectivity index (χ3v) is 12.2. The van der Waals surface area contributed by atoms with Crippen molar-refractivity contribution in [1.29, 1.82) is 0 Å². The monoisotopic (exact) mass is 824 g/mol. The van der Waals surface area contributed by atoms with E-state index in [1.807, 2.05) is 54.6 Å². The third-order valence-electron chi connectivity index (χ3n) is 10.5. The van der Waals surface area contributed by atoms with Gasteiger partial charge in [0.2, 0.25) is 11.8 Å². The second kappa shape index (κ2) is 16.0. The lowest BCUT2D eigenvalue weighted by Gasteiger charge is -2.37. The molecule has 0 bridgehead atoms. The summed E-state index contributed by atoms with van der Waals surface area (Å²) in [6, 6.07) is 26.2. The molecule has 3 aliphatic rings. The number of aromatic hydroxyl groups is 1. The number of ether oxygens (including phenoxy) is 3. The molecule has 8 rings (SSSR count). The molecule has 0 radical (unpaired) electrons. The molecule has 11 nitrogen and oxygen atoms in total. The number of carbonyl (C=O) groups is 3. The fourth-order valence-corrected chi connectivity index (χ4v) is 8.84. The van der Waals surface area contributed by atoms with Gasteiger partial charge in [-0.15, -0.1) is 11.3 Å². The van der Waals surface area contributed by atoms with Crippen molar-refractivity contribution in [1.82, 2.24) is 20.0 Å². The van der Waals surface area contributed by atoms with Gasteiger partial charge in [0, 0.05) is 70.9 Å². The fraction of sp³-hybridized carbons (Fsp3) is 0.310. The number of hydrogen-bond donors (Lipinski definition) is 2. The average molecular weight is 826 g/mol. The van der Waals surface area contributed by atoms with Gasteiger partial charge in [0.15, 0.2) is 5.75 Å². The number of halogens is 1. The van der Waals surface area contributed by atoms with Crippen LogP contribution in [0.5, 0.6) is 28.7 Å². The van der Waals surface area contributed by atoms with Crippen LogP contribution >= 0.6 is 27.3 Å². The number of piperidine rings is 1. The highest BCUT2D eigenvalue weighted by Crippen LogP contribution is 2.47. The van der Waals surface area contributed by atoms with E-state index >= 15 is 0 Å². The summed E-state index contributed by atoms with van der Waals surface area (Å²) in [5.74, 6) is 2.20. The Hall–Kier alpha value is -4.95. The summed E-state index contributed by atoms with van der Waals surface area (Å²) >= 11 is 5.11. The molecule has 0 saturated carbocycles. The minimum Gasteiger partial charge on any atom is -0.508 e. The molecule has 1 aromatic heterocycles. The topological polar surface area (TPSA) is 121 Å². The quantitative estimate of drug-likeness (QED) is 0.128. The van der Waals surface area contributed by atoms with Gasteiger partial charge >= 0.3 is 0 Å². The molecule has 0 spiro atoms. The van der Waals surface area contributed by atoms with Crippen LogP contribution < -0.4 is 19.5 Å². The summed E-state index contributed by atoms with van der Waals surface area (Å²) in [5, 5.41) is 13.4. The molecular weight excluding hydrogens is 784 g/mol. The van der Waals surface area contributed by atoms with Crippen molar-refractivity contribution in [2.45, 2.75) is 38.4 Å². The number of fused-ring (bicyclic) bond motifs is 2. The standard InChI is InChI=1S/C42H41BrN4O7S/c1-26(25-53-30-10-12-31(13-11-30)54-39-33-14-9-29(48)23-37(33)55-40(39)27-5-7-28(43)8-6-27)46-19-17-45(18-20-46)21-22-52-36-4-2-3-32-34(36)24-47(42(32)51)35-15-16-38(49)44-41(35)50/h2-14,23,26,35,48H,15-22,24-25H2,1H3,(H,44,49,50)/t26-,35?/m0/s1. The normalized spacial score (nSPS) is 18.3. The SMILES string of the molecule is C[C@@H](COc1ccc(Oc2c(-c3ccc(Br)cc3)sc3cc(O)ccc23)cc1)N1CCN(CCOc2cccc3c2CN(C2CCC(=O)NC2=O)C3=O)CC1. The minimum atomic E-state index is -0.650. The molecule has 0 aliphatic carbocycles. The molecule has 3 amide bonds. The van der Waals surface area contributed by atoms with Crippen LogP contribution in [-0.4, -0.2) is 95.5 Å². The molecule has 2 N–H and O–H groups in total. The van der Waals surface area contributed by atoms with E-state index in [1.54, 1.807) is 34.4 Å². The number of phenols is 1. The van der Waals surface area contributed by atoms with E-state index in [9.17, 15) is 19.5 Å². The highest BCUT2D eigenvalue weighted by molar-refractivity contribution is 9.10. The summed E-state index contributed by atoms with van der Waals surface area (Å²) in [5.41, 5.74) is 2.39. The van der Waals surface area contributed by atoms with Gasteiger partial charge in [-0.25, -0.2) is 0 Å². The summed E-state index contributed by atoms with van der Waals surface area (Å²) in [6.07, 6.45) is 0.555. The van der Waals surface area contributed by atoms with Gasteiger partial charge in [0.25, 0.3) is 5.91 Å². The van der Waals surface area contributed by atoms with Crippen LogP contribution in [0.2, 0.25) is 0 Å². The predicted octanol–water partition coefficient (Wildman–Crippen LogP) is 7.05. The van der Waals surface area contributed by atoms with Crippen molar-refractivity contribution < 1.29 is 33.7 Å². The number of hydrogen-bond acceptors (Lipinski definition) is 10. The second-order valence-electron chi connectivity index (χ2n) is 14.1. The molecule has 2 atom stereocenters. The molecule has 5 aromatic rings. The van der Waals surface area contributed by atoms with E-state index in [-0.39, 0.29) is 30.0 Å². The average Bonchev–Trinajstić information content (AvgIpc) is 3.71. The van der Waals surface area contributed by atoms with Crippen LogP contribution in [0, 0.1) is 0 Å². The Balaban J connectivity index is 0.800. The molecule has 55 heavy (non-hydrogen) atoms. The van der Waals surface area contributed by atoms with Crippen molar-refractivity contribution >= 4 is 55.1 Å². The van der Waals surface area contributed by atoms with Gasteiger partial charge in [-0.05, 0) is 85.6 Å². The molecule has 3 aliphatic heterocycles. The van der Waals surface area contributed by atoms with Gasteiger partial charge in [0.05, 0.1) is 11.4 Å². The van der Waals surface area contributed by atoms with Crippen LogP contribution in [-0.2, 0) is 16.1 Å². The number of rotatable bonds is 12. The first kappa shape index (κ1) is 37.0. The van der Waals surface area contributed by atoms with Crippen LogP contribution in [0.15, 0.2) is 89.4 Å². The number of piperazine rings is 1. The second-order valence-corrected chi connectivity index (χ2v) is 16.1. The smallest absolute Gasteiger partial charge is 0.255 e. The van der Waals surface area contributed by atoms with Crippen molar-refractivity contribution in [3.63, 3.8) is 0 Å². The number of nitrogens with one attached hydrogen (secondary N) is 1. The van der Waals surface area contributed by atoms with E-state index in [4.69, 9.17) is 14.2 Å². The Morgan fingerprint density at radius 3 is 2.45 bits per heavy atom. The van der Waals surface area contributed by atoms with Gasteiger partial charge in [-0.1, -0.05) is 34.1 Å². The fourth-order valence-electron chi connectivity index (χ4n) is 7.40. The largest absolute Gasteiger partial charge is 0.508 e. The third kappa shape index (κ3) is 8.06. The Kier molecular flexibility index (Phi) is 10.8. The molecular formula is C42H41BrN4O7S. The Labute approximate surface area is 331 Å². The maximum atomic E-state index is 13.2. The maximum Gasteiger partial charge on any atom is 0.255 e. The molecule has 13 heteroatoms. The van der Waals surface area contributed by atoms with Crippen LogP contribution in [0.1, 0.15) is 35.7 Å². The zero-order valence-corrected chi connectivity index (χ0v) is 32.7. The zero-order chi connectivity index (χ0) is 38.1. The number of phenolic OH excluding ortho intramolecular Hbond substituents is 1. The van der Waals surface area contributed by atoms with E-state index in [2.05, 4.69) is 50.1 Å². The first-order valence-corrected chi connectivity index (χ1v) is 20.1. The van der Waals surface area contributed by atoms with Crippen molar-refractivity contribution in [2.75, 3.05) is 45.9 Å². The highest BCUT2D eigenvalue weighted by atomic mass is 79.9. The van der Waals surface area contributed by atoms with Gasteiger partial charge in [-0.3, -0.25) is 29.5 Å². The molecule has 1 unspecified atom stereocenters. The Bertz CT molecular complexity index is 2220. The summed E-state index contributed by atoms with van der Waals surface area (Å²) < 4.78 is 20.9. The Morgan fingerprint density at radius 2 is 1.69 bits per heavy atom. The highest BCUT2D eigenvalue weighted by Gasteiger charge is 2.40. The molecule has 4 aromatic carbocycles. The van der Waals surface area contributed by atoms with E-state index in [0.29, 0.717) is 43.2 Å². The number of imide groups is 1. The van der Waals surface area contributed by atoms with E-state index in [1.165, 1.54) is 0 Å². The lowest BCUT2D eigenvalue weighted by Crippen LogP contribution is -2.52. The van der Waals surface area contributed by atoms with Gasteiger partial charge in [0.1, 0.15) is 42.3 Å². The first-order chi connectivity index (χ1) is 26.7. The molecule has 4 heterocycles. The molecule has 2 fully saturated rings. The van der Waals surface area contributed by atoms with Crippen LogP contribution in [0.3, 0.4) is 0 Å². The number of benzene rings is 4. The summed E-state index contributed by atoms with van der Waals surface area (Å²) in [7, 11) is 0. The van der Waals surface area contributed by atoms with Crippen molar-refractivity contribution in [2.24, 2.45) is 0 Å². The lowest BCUT2D eigenvalue weighted by atomic mass is 10.0. The van der Waals surface area contributed by atoms with Crippen molar-refractivity contribution in [3.05, 3.63) is 101 Å². The van der Waals surface area contributed by atoms with Crippen LogP contribution in [0.25, 0.3) is 20.5 Å². The van der Waals surface area contributed by atoms with Gasteiger partial charge in [-0.2, -0.15) is 0 Å². The van der Waals surface area contributed by atoms with Crippen molar-refractivity contribution in [3.8, 4) is 39.2 Å². The molecule has 284 valence electrons. The summed E-state index contributed by atoms with van der Waals surface area (Å²) in [4.78, 5) is 44.6. The number of thiophene rings is 1. The van der Waals surface area contributed by atoms with Gasteiger partial charge < -0.3 is 24.2 Å². The number of carbonyl (C=O) groups excluding carboxylic acids is 3. The first-order valence-electron chi connectivity index (χ1n) is 18.5. The lowest BCUT2D eigenvalue weighted by molar-refractivity contribution is -0.136. The minimum absolute atomic E-state index is 0.201. The zero-order valence-electron chi connectivity index (χ0n) is 30.3. The predicted molar refractivity (Wildman–Crippen MR) is 214 cm³/mol.